The lowest BCUT2D eigenvalue weighted by Crippen LogP contribution is -1.92. The number of halogens is 1. The molecule has 0 fully saturated rings. The minimum absolute atomic E-state index is 0.511. The number of oxazole rings is 2. The topological polar surface area (TPSA) is 57.0 Å². The van der Waals surface area contributed by atoms with Crippen molar-refractivity contribution < 1.29 is 8.83 Å². The molecule has 3 heterocycles. The van der Waals surface area contributed by atoms with Crippen LogP contribution in [0, 0.1) is 0 Å². The lowest BCUT2D eigenvalue weighted by Gasteiger charge is -2.07. The van der Waals surface area contributed by atoms with Crippen LogP contribution in [0.25, 0.3) is 72.6 Å². The van der Waals surface area contributed by atoms with Crippen molar-refractivity contribution in [3.63, 3.8) is 0 Å². The summed E-state index contributed by atoms with van der Waals surface area (Å²) in [5.41, 5.74) is 8.00. The average molecular weight is 512 g/mol. The molecule has 180 valence electrons. The predicted octanol–water partition coefficient (Wildman–Crippen LogP) is 9.05. The van der Waals surface area contributed by atoms with Gasteiger partial charge in [0, 0.05) is 38.7 Å². The maximum atomic E-state index is 6.25. The van der Waals surface area contributed by atoms with Crippen LogP contribution in [0.5, 0.6) is 0 Å². The Bertz CT molecular complexity index is 2150. The van der Waals surface area contributed by atoms with E-state index in [1.54, 1.807) is 12.1 Å². The molecule has 0 bridgehead atoms. The first-order valence-electron chi connectivity index (χ1n) is 12.3. The maximum absolute atomic E-state index is 6.25. The Kier molecular flexibility index (Phi) is 4.51. The molecule has 0 N–H and O–H groups in total. The quantitative estimate of drug-likeness (QED) is 0.237. The molecule has 0 radical (unpaired) electrons. The number of nitrogens with zero attached hydrogens (tertiary/aromatic N) is 3. The van der Waals surface area contributed by atoms with Gasteiger partial charge in [-0.25, -0.2) is 9.97 Å². The normalized spacial score (nSPS) is 11.8. The van der Waals surface area contributed by atoms with E-state index in [2.05, 4.69) is 76.3 Å². The second-order valence-electron chi connectivity index (χ2n) is 9.25. The summed E-state index contributed by atoms with van der Waals surface area (Å²) in [5.74, 6) is 1.08. The molecule has 8 aromatic rings. The summed E-state index contributed by atoms with van der Waals surface area (Å²) in [6.07, 6.45) is 0. The van der Waals surface area contributed by atoms with Gasteiger partial charge in [-0.05, 0) is 66.7 Å². The highest BCUT2D eigenvalue weighted by molar-refractivity contribution is 6.31. The Morgan fingerprint density at radius 3 is 2.00 bits per heavy atom. The molecule has 5 nitrogen and oxygen atoms in total. The minimum Gasteiger partial charge on any atom is -0.436 e. The van der Waals surface area contributed by atoms with Gasteiger partial charge in [-0.3, -0.25) is 0 Å². The third kappa shape index (κ3) is 3.26. The maximum Gasteiger partial charge on any atom is 0.227 e. The van der Waals surface area contributed by atoms with E-state index in [1.165, 1.54) is 5.39 Å². The highest BCUT2D eigenvalue weighted by Crippen LogP contribution is 2.36. The third-order valence-corrected chi connectivity index (χ3v) is 7.15. The molecule has 0 aliphatic rings. The van der Waals surface area contributed by atoms with E-state index in [1.807, 2.05) is 30.3 Å². The molecular formula is C32H18ClN3O2. The number of para-hydroxylation sites is 2. The van der Waals surface area contributed by atoms with Gasteiger partial charge < -0.3 is 13.4 Å². The van der Waals surface area contributed by atoms with E-state index in [9.17, 15) is 0 Å². The van der Waals surface area contributed by atoms with Gasteiger partial charge in [0.15, 0.2) is 11.2 Å². The van der Waals surface area contributed by atoms with Crippen LogP contribution in [-0.2, 0) is 0 Å². The van der Waals surface area contributed by atoms with Gasteiger partial charge in [0.2, 0.25) is 11.8 Å². The summed E-state index contributed by atoms with van der Waals surface area (Å²) >= 11 is 6.10. The fourth-order valence-electron chi connectivity index (χ4n) is 5.16. The van der Waals surface area contributed by atoms with E-state index in [4.69, 9.17) is 25.4 Å². The Morgan fingerprint density at radius 2 is 1.18 bits per heavy atom. The molecule has 0 saturated carbocycles. The monoisotopic (exact) mass is 511 g/mol. The van der Waals surface area contributed by atoms with Crippen molar-refractivity contribution in [3.05, 3.63) is 114 Å². The van der Waals surface area contributed by atoms with Crippen LogP contribution in [0.15, 0.2) is 118 Å². The van der Waals surface area contributed by atoms with E-state index >= 15 is 0 Å². The number of hydrogen-bond donors (Lipinski definition) is 0. The number of rotatable bonds is 3. The van der Waals surface area contributed by atoms with E-state index in [0.29, 0.717) is 28.0 Å². The fraction of sp³-hybridized carbons (Fsp3) is 0. The van der Waals surface area contributed by atoms with Gasteiger partial charge in [-0.15, -0.1) is 0 Å². The van der Waals surface area contributed by atoms with Gasteiger partial charge in [0.1, 0.15) is 11.0 Å². The molecule has 8 rings (SSSR count). The zero-order valence-corrected chi connectivity index (χ0v) is 20.7. The van der Waals surface area contributed by atoms with Crippen LogP contribution in [-0.4, -0.2) is 14.5 Å². The van der Waals surface area contributed by atoms with Crippen LogP contribution >= 0.6 is 11.6 Å². The van der Waals surface area contributed by atoms with E-state index < -0.39 is 0 Å². The zero-order chi connectivity index (χ0) is 25.2. The second kappa shape index (κ2) is 8.07. The molecule has 0 unspecified atom stereocenters. The molecule has 0 aliphatic heterocycles. The molecule has 0 spiro atoms. The SMILES string of the molecule is Clc1ccc2nc(-c3ccc4nc(-c5ccc6c(c5)c5ccccc5n6-c5ccccc5)oc4c3)oc2c1. The highest BCUT2D eigenvalue weighted by atomic mass is 35.5. The van der Waals surface area contributed by atoms with Crippen LogP contribution in [0.2, 0.25) is 5.02 Å². The number of fused-ring (bicyclic) bond motifs is 5. The molecule has 0 amide bonds. The Hall–Kier alpha value is -4.87. The Labute approximate surface area is 221 Å². The van der Waals surface area contributed by atoms with Crippen LogP contribution < -0.4 is 0 Å². The number of aromatic nitrogens is 3. The van der Waals surface area contributed by atoms with Crippen molar-refractivity contribution in [1.29, 1.82) is 0 Å². The van der Waals surface area contributed by atoms with Gasteiger partial charge in [0.25, 0.3) is 0 Å². The first kappa shape index (κ1) is 21.2. The van der Waals surface area contributed by atoms with Crippen molar-refractivity contribution in [2.45, 2.75) is 0 Å². The molecule has 38 heavy (non-hydrogen) atoms. The van der Waals surface area contributed by atoms with Gasteiger partial charge in [-0.1, -0.05) is 48.0 Å². The van der Waals surface area contributed by atoms with Gasteiger partial charge in [-0.2, -0.15) is 0 Å². The number of hydrogen-bond acceptors (Lipinski definition) is 4. The molecule has 3 aromatic heterocycles. The standard InChI is InChI=1S/C32H18ClN3O2/c33-21-12-14-26-30(18-21)38-32(35-26)20-10-13-25-29(17-20)37-31(34-25)19-11-15-28-24(16-19)23-8-4-5-9-27(23)36(28)22-6-2-1-3-7-22/h1-18H. The lowest BCUT2D eigenvalue weighted by atomic mass is 10.1. The first-order chi connectivity index (χ1) is 18.7. The van der Waals surface area contributed by atoms with E-state index in [0.717, 1.165) is 44.3 Å². The zero-order valence-electron chi connectivity index (χ0n) is 19.9. The highest BCUT2D eigenvalue weighted by Gasteiger charge is 2.16. The van der Waals surface area contributed by atoms with Crippen LogP contribution in [0.3, 0.4) is 0 Å². The van der Waals surface area contributed by atoms with Crippen LogP contribution in [0.4, 0.5) is 0 Å². The number of benzene rings is 5. The molecule has 0 saturated heterocycles. The van der Waals surface area contributed by atoms with Crippen molar-refractivity contribution >= 4 is 55.6 Å². The van der Waals surface area contributed by atoms with E-state index in [-0.39, 0.29) is 0 Å². The largest absolute Gasteiger partial charge is 0.436 e. The lowest BCUT2D eigenvalue weighted by molar-refractivity contribution is 0.614. The van der Waals surface area contributed by atoms with Gasteiger partial charge in [0.05, 0.1) is 11.0 Å². The average Bonchev–Trinajstić information content (AvgIpc) is 3.66. The van der Waals surface area contributed by atoms with Crippen molar-refractivity contribution in [2.24, 2.45) is 0 Å². The summed E-state index contributed by atoms with van der Waals surface area (Å²) in [6, 6.07) is 36.5. The Balaban J connectivity index is 1.25. The molecule has 5 aromatic carbocycles. The fourth-order valence-corrected chi connectivity index (χ4v) is 5.33. The minimum atomic E-state index is 0.511. The Morgan fingerprint density at radius 1 is 0.553 bits per heavy atom. The second-order valence-corrected chi connectivity index (χ2v) is 9.69. The van der Waals surface area contributed by atoms with Crippen molar-refractivity contribution in [1.82, 2.24) is 14.5 Å². The van der Waals surface area contributed by atoms with Crippen molar-refractivity contribution in [2.75, 3.05) is 0 Å². The molecule has 0 aliphatic carbocycles. The molecule has 6 heteroatoms. The molecule has 0 atom stereocenters. The summed E-state index contributed by atoms with van der Waals surface area (Å²) in [4.78, 5) is 9.38. The first-order valence-corrected chi connectivity index (χ1v) is 12.7. The molecular weight excluding hydrogens is 494 g/mol. The summed E-state index contributed by atoms with van der Waals surface area (Å²) in [7, 11) is 0. The van der Waals surface area contributed by atoms with Crippen molar-refractivity contribution in [3.8, 4) is 28.6 Å². The summed E-state index contributed by atoms with van der Waals surface area (Å²) < 4.78 is 14.5. The van der Waals surface area contributed by atoms with Gasteiger partial charge >= 0.3 is 0 Å². The summed E-state index contributed by atoms with van der Waals surface area (Å²) in [5, 5.41) is 2.94. The van der Waals surface area contributed by atoms with Crippen LogP contribution in [0.1, 0.15) is 0 Å². The summed E-state index contributed by atoms with van der Waals surface area (Å²) in [6.45, 7) is 0. The predicted molar refractivity (Wildman–Crippen MR) is 152 cm³/mol. The smallest absolute Gasteiger partial charge is 0.227 e. The third-order valence-electron chi connectivity index (χ3n) is 6.92.